The molecule has 138 valence electrons. The Balaban J connectivity index is 1.91. The molecule has 26 heavy (non-hydrogen) atoms. The lowest BCUT2D eigenvalue weighted by Crippen LogP contribution is -2.21. The summed E-state index contributed by atoms with van der Waals surface area (Å²) in [5, 5.41) is 2.37. The number of hydrogen-bond acceptors (Lipinski definition) is 5. The number of rotatable bonds is 7. The molecule has 0 aliphatic heterocycles. The highest BCUT2D eigenvalue weighted by atomic mass is 19.3. The molecular formula is C18H18F2N2O4. The summed E-state index contributed by atoms with van der Waals surface area (Å²) >= 11 is 0. The average Bonchev–Trinajstić information content (AvgIpc) is 2.61. The Morgan fingerprint density at radius 2 is 1.73 bits per heavy atom. The number of hydrogen-bond donors (Lipinski definition) is 1. The minimum absolute atomic E-state index is 0.0594. The number of esters is 1. The Morgan fingerprint density at radius 1 is 1.08 bits per heavy atom. The monoisotopic (exact) mass is 364 g/mol. The van der Waals surface area contributed by atoms with Crippen LogP contribution in [-0.4, -0.2) is 39.2 Å². The van der Waals surface area contributed by atoms with Crippen LogP contribution in [0.3, 0.4) is 0 Å². The molecule has 0 aliphatic carbocycles. The Labute approximate surface area is 149 Å². The maximum Gasteiger partial charge on any atom is 0.387 e. The van der Waals surface area contributed by atoms with Crippen molar-refractivity contribution in [1.82, 2.24) is 0 Å². The van der Waals surface area contributed by atoms with E-state index in [-0.39, 0.29) is 11.4 Å². The molecule has 0 saturated heterocycles. The number of halogens is 2. The summed E-state index contributed by atoms with van der Waals surface area (Å²) in [5.41, 5.74) is 1.27. The number of benzene rings is 2. The van der Waals surface area contributed by atoms with Gasteiger partial charge < -0.3 is 19.7 Å². The molecule has 0 atom stereocenters. The Bertz CT molecular complexity index is 764. The molecule has 0 aliphatic rings. The smallest absolute Gasteiger partial charge is 0.387 e. The van der Waals surface area contributed by atoms with Crippen LogP contribution in [0.4, 0.5) is 20.2 Å². The zero-order valence-corrected chi connectivity index (χ0v) is 14.2. The Hall–Kier alpha value is -3.16. The number of carbonyl (C=O) groups excluding carboxylic acids is 2. The number of alkyl halides is 2. The first-order valence-corrected chi connectivity index (χ1v) is 7.65. The predicted octanol–water partition coefficient (Wildman–Crippen LogP) is 3.15. The zero-order chi connectivity index (χ0) is 19.1. The summed E-state index contributed by atoms with van der Waals surface area (Å²) in [6, 6.07) is 12.4. The van der Waals surface area contributed by atoms with Crippen LogP contribution in [0.1, 0.15) is 10.4 Å². The number of carbonyl (C=O) groups is 2. The molecule has 1 amide bonds. The first-order chi connectivity index (χ1) is 12.4. The Morgan fingerprint density at radius 3 is 2.35 bits per heavy atom. The largest absolute Gasteiger partial charge is 0.452 e. The fraction of sp³-hybridized carbons (Fsp3) is 0.222. The third-order valence-corrected chi connectivity index (χ3v) is 3.33. The molecule has 2 rings (SSSR count). The number of nitrogens with zero attached hydrogens (tertiary/aromatic N) is 1. The lowest BCUT2D eigenvalue weighted by molar-refractivity contribution is -0.119. The molecule has 2 aromatic rings. The molecule has 6 nitrogen and oxygen atoms in total. The maximum atomic E-state index is 12.4. The summed E-state index contributed by atoms with van der Waals surface area (Å²) < 4.78 is 33.9. The lowest BCUT2D eigenvalue weighted by Gasteiger charge is -2.13. The minimum atomic E-state index is -3.02. The van der Waals surface area contributed by atoms with Gasteiger partial charge in [0.15, 0.2) is 6.61 Å². The fourth-order valence-corrected chi connectivity index (χ4v) is 2.07. The van der Waals surface area contributed by atoms with Gasteiger partial charge in [-0.2, -0.15) is 8.78 Å². The van der Waals surface area contributed by atoms with E-state index < -0.39 is 25.1 Å². The van der Waals surface area contributed by atoms with Crippen molar-refractivity contribution >= 4 is 23.3 Å². The molecule has 0 bridgehead atoms. The van der Waals surface area contributed by atoms with Crippen molar-refractivity contribution in [1.29, 1.82) is 0 Å². The van der Waals surface area contributed by atoms with Crippen molar-refractivity contribution in [3.63, 3.8) is 0 Å². The van der Waals surface area contributed by atoms with Crippen molar-refractivity contribution in [2.75, 3.05) is 30.9 Å². The number of nitrogens with one attached hydrogen (secondary N) is 1. The van der Waals surface area contributed by atoms with Gasteiger partial charge in [0, 0.05) is 19.8 Å². The van der Waals surface area contributed by atoms with Gasteiger partial charge >= 0.3 is 12.6 Å². The zero-order valence-electron chi connectivity index (χ0n) is 14.2. The molecule has 0 fully saturated rings. The van der Waals surface area contributed by atoms with Gasteiger partial charge in [-0.1, -0.05) is 12.1 Å². The molecule has 1 N–H and O–H groups in total. The first kappa shape index (κ1) is 19.2. The molecule has 0 radical (unpaired) electrons. The van der Waals surface area contributed by atoms with Gasteiger partial charge in [-0.3, -0.25) is 4.79 Å². The van der Waals surface area contributed by atoms with E-state index in [1.807, 2.05) is 19.0 Å². The van der Waals surface area contributed by atoms with Gasteiger partial charge in [0.1, 0.15) is 5.75 Å². The topological polar surface area (TPSA) is 67.9 Å². The molecule has 0 heterocycles. The van der Waals surface area contributed by atoms with E-state index >= 15 is 0 Å². The summed E-state index contributed by atoms with van der Waals surface area (Å²) in [7, 11) is 3.74. The highest BCUT2D eigenvalue weighted by Crippen LogP contribution is 2.25. The van der Waals surface area contributed by atoms with Gasteiger partial charge in [-0.15, -0.1) is 0 Å². The maximum absolute atomic E-state index is 12.4. The van der Waals surface area contributed by atoms with E-state index in [1.54, 1.807) is 30.3 Å². The highest BCUT2D eigenvalue weighted by Gasteiger charge is 2.14. The van der Waals surface area contributed by atoms with E-state index in [9.17, 15) is 18.4 Å². The molecular weight excluding hydrogens is 346 g/mol. The second kappa shape index (κ2) is 8.80. The van der Waals surface area contributed by atoms with Crippen LogP contribution in [0.15, 0.2) is 48.5 Å². The standard InChI is InChI=1S/C18H18F2N2O4/c1-22(2)13-9-7-12(8-10-13)17(24)25-11-16(23)21-14-5-3-4-6-15(14)26-18(19)20/h3-10,18H,11H2,1-2H3,(H,21,23). The molecule has 0 aromatic heterocycles. The molecule has 2 aromatic carbocycles. The van der Waals surface area contributed by atoms with E-state index in [2.05, 4.69) is 10.1 Å². The van der Waals surface area contributed by atoms with Crippen LogP contribution in [0.2, 0.25) is 0 Å². The number of amides is 1. The van der Waals surface area contributed by atoms with E-state index in [0.29, 0.717) is 5.56 Å². The lowest BCUT2D eigenvalue weighted by atomic mass is 10.2. The van der Waals surface area contributed by atoms with E-state index in [4.69, 9.17) is 4.74 Å². The summed E-state index contributed by atoms with van der Waals surface area (Å²) in [6.07, 6.45) is 0. The summed E-state index contributed by atoms with van der Waals surface area (Å²) in [6.45, 7) is -3.58. The van der Waals surface area contributed by atoms with Gasteiger partial charge in [0.05, 0.1) is 11.3 Å². The van der Waals surface area contributed by atoms with E-state index in [1.165, 1.54) is 18.2 Å². The first-order valence-electron chi connectivity index (χ1n) is 7.65. The third kappa shape index (κ3) is 5.44. The summed E-state index contributed by atoms with van der Waals surface area (Å²) in [4.78, 5) is 25.7. The molecule has 0 unspecified atom stereocenters. The van der Waals surface area contributed by atoms with Crippen molar-refractivity contribution in [2.24, 2.45) is 0 Å². The SMILES string of the molecule is CN(C)c1ccc(C(=O)OCC(=O)Nc2ccccc2OC(F)F)cc1. The van der Waals surface area contributed by atoms with Gasteiger partial charge in [-0.25, -0.2) is 4.79 Å². The van der Waals surface area contributed by atoms with Crippen LogP contribution >= 0.6 is 0 Å². The number of para-hydroxylation sites is 2. The second-order valence-electron chi connectivity index (χ2n) is 5.44. The normalized spacial score (nSPS) is 10.3. The Kier molecular flexibility index (Phi) is 6.48. The second-order valence-corrected chi connectivity index (χ2v) is 5.44. The average molecular weight is 364 g/mol. The molecule has 0 spiro atoms. The quantitative estimate of drug-likeness (QED) is 0.765. The van der Waals surface area contributed by atoms with Crippen LogP contribution < -0.4 is 15.0 Å². The minimum Gasteiger partial charge on any atom is -0.452 e. The van der Waals surface area contributed by atoms with Gasteiger partial charge in [0.2, 0.25) is 0 Å². The van der Waals surface area contributed by atoms with Crippen molar-refractivity contribution in [3.05, 3.63) is 54.1 Å². The number of ether oxygens (including phenoxy) is 2. The van der Waals surface area contributed by atoms with Crippen LogP contribution in [0.25, 0.3) is 0 Å². The van der Waals surface area contributed by atoms with Gasteiger partial charge in [-0.05, 0) is 36.4 Å². The predicted molar refractivity (Wildman–Crippen MR) is 92.8 cm³/mol. The van der Waals surface area contributed by atoms with E-state index in [0.717, 1.165) is 5.69 Å². The van der Waals surface area contributed by atoms with Gasteiger partial charge in [0.25, 0.3) is 5.91 Å². The van der Waals surface area contributed by atoms with Crippen molar-refractivity contribution < 1.29 is 27.8 Å². The van der Waals surface area contributed by atoms with Crippen LogP contribution in [0, 0.1) is 0 Å². The number of anilines is 2. The highest BCUT2D eigenvalue weighted by molar-refractivity contribution is 5.96. The van der Waals surface area contributed by atoms with Crippen molar-refractivity contribution in [2.45, 2.75) is 6.61 Å². The van der Waals surface area contributed by atoms with Crippen LogP contribution in [0.5, 0.6) is 5.75 Å². The molecule has 8 heteroatoms. The fourth-order valence-electron chi connectivity index (χ4n) is 2.07. The van der Waals surface area contributed by atoms with Crippen LogP contribution in [-0.2, 0) is 9.53 Å². The third-order valence-electron chi connectivity index (χ3n) is 3.33. The summed E-state index contributed by atoms with van der Waals surface area (Å²) in [5.74, 6) is -1.52. The van der Waals surface area contributed by atoms with Crippen molar-refractivity contribution in [3.8, 4) is 5.75 Å². The molecule has 0 saturated carbocycles.